The third-order valence-corrected chi connectivity index (χ3v) is 7.17. The van der Waals surface area contributed by atoms with E-state index in [0.717, 1.165) is 47.3 Å². The maximum Gasteiger partial charge on any atom is 0.254 e. The number of hydrogen-bond donors (Lipinski definition) is 0. The van der Waals surface area contributed by atoms with Crippen LogP contribution in [0.3, 0.4) is 0 Å². The molecule has 0 unspecified atom stereocenters. The van der Waals surface area contributed by atoms with Gasteiger partial charge >= 0.3 is 0 Å². The summed E-state index contributed by atoms with van der Waals surface area (Å²) in [6.45, 7) is 3.78. The number of fused-ring (bicyclic) bond motifs is 2. The first kappa shape index (κ1) is 21.1. The van der Waals surface area contributed by atoms with E-state index in [-0.39, 0.29) is 18.5 Å². The van der Waals surface area contributed by atoms with Crippen molar-refractivity contribution in [3.8, 4) is 22.1 Å². The Morgan fingerprint density at radius 1 is 1.00 bits per heavy atom. The molecule has 2 aliphatic rings. The second kappa shape index (κ2) is 8.70. The van der Waals surface area contributed by atoms with Gasteiger partial charge in [0, 0.05) is 38.1 Å². The summed E-state index contributed by atoms with van der Waals surface area (Å²) in [6.07, 6.45) is 0. The Morgan fingerprint density at radius 3 is 2.68 bits per heavy atom. The van der Waals surface area contributed by atoms with Gasteiger partial charge in [0.05, 0.1) is 21.7 Å². The molecular weight excluding hydrogens is 453 g/mol. The zero-order valence-corrected chi connectivity index (χ0v) is 19.2. The molecule has 0 atom stereocenters. The van der Waals surface area contributed by atoms with Gasteiger partial charge in [-0.3, -0.25) is 9.69 Å². The predicted octanol–water partition coefficient (Wildman–Crippen LogP) is 4.79. The fourth-order valence-electron chi connectivity index (χ4n) is 4.50. The third-order valence-electron chi connectivity index (χ3n) is 6.28. The number of thiophene rings is 1. The Kier molecular flexibility index (Phi) is 5.39. The lowest BCUT2D eigenvalue weighted by Crippen LogP contribution is -2.48. The van der Waals surface area contributed by atoms with Crippen molar-refractivity contribution in [2.45, 2.75) is 6.54 Å². The van der Waals surface area contributed by atoms with Crippen molar-refractivity contribution in [2.24, 2.45) is 0 Å². The number of amides is 1. The molecule has 172 valence electrons. The van der Waals surface area contributed by atoms with Gasteiger partial charge < -0.3 is 14.4 Å². The number of piperazine rings is 1. The van der Waals surface area contributed by atoms with Gasteiger partial charge in [-0.1, -0.05) is 12.1 Å². The van der Waals surface area contributed by atoms with Crippen molar-refractivity contribution in [1.29, 1.82) is 0 Å². The molecule has 0 radical (unpaired) electrons. The van der Waals surface area contributed by atoms with Crippen molar-refractivity contribution in [3.63, 3.8) is 0 Å². The van der Waals surface area contributed by atoms with E-state index in [1.165, 1.54) is 12.1 Å². The molecule has 1 saturated heterocycles. The fraction of sp³-hybridized carbons (Fsp3) is 0.231. The third kappa shape index (κ3) is 3.99. The molecule has 8 heteroatoms. The van der Waals surface area contributed by atoms with Gasteiger partial charge in [0.15, 0.2) is 11.5 Å². The number of halogens is 1. The second-order valence-corrected chi connectivity index (χ2v) is 9.40. The minimum atomic E-state index is -0.374. The molecule has 1 fully saturated rings. The Hall–Kier alpha value is -3.49. The topological polar surface area (TPSA) is 54.9 Å². The Balaban J connectivity index is 1.21. The number of nitrogens with zero attached hydrogens (tertiary/aromatic N) is 3. The molecule has 0 spiro atoms. The Labute approximate surface area is 200 Å². The standard InChI is InChI=1S/C26H22FN3O3S/c27-18-4-5-21-19(13-18)20(14-22(28-21)25-2-1-11-34-25)26(31)30-9-7-29(8-10-30)15-17-3-6-23-24(12-17)33-16-32-23/h1-6,11-14H,7-10,15-16H2. The number of benzene rings is 2. The van der Waals surface area contributed by atoms with Gasteiger partial charge in [-0.15, -0.1) is 11.3 Å². The summed E-state index contributed by atoms with van der Waals surface area (Å²) in [7, 11) is 0. The van der Waals surface area contributed by atoms with Crippen LogP contribution in [0.1, 0.15) is 15.9 Å². The zero-order chi connectivity index (χ0) is 23.1. The molecule has 0 saturated carbocycles. The van der Waals surface area contributed by atoms with Crippen LogP contribution in [0, 0.1) is 5.82 Å². The van der Waals surface area contributed by atoms with Crippen LogP contribution in [0.2, 0.25) is 0 Å². The van der Waals surface area contributed by atoms with Gasteiger partial charge in [0.25, 0.3) is 5.91 Å². The van der Waals surface area contributed by atoms with Crippen LogP contribution in [-0.4, -0.2) is 53.7 Å². The van der Waals surface area contributed by atoms with Crippen LogP contribution < -0.4 is 9.47 Å². The van der Waals surface area contributed by atoms with Gasteiger partial charge in [-0.05, 0) is 53.4 Å². The van der Waals surface area contributed by atoms with Crippen molar-refractivity contribution in [1.82, 2.24) is 14.8 Å². The Bertz CT molecular complexity index is 1370. The van der Waals surface area contributed by atoms with Gasteiger partial charge in [0.2, 0.25) is 6.79 Å². The smallest absolute Gasteiger partial charge is 0.254 e. The van der Waals surface area contributed by atoms with E-state index in [4.69, 9.17) is 9.47 Å². The fourth-order valence-corrected chi connectivity index (χ4v) is 5.19. The molecule has 0 N–H and O–H groups in total. The van der Waals surface area contributed by atoms with Crippen LogP contribution in [0.15, 0.2) is 60.0 Å². The van der Waals surface area contributed by atoms with Gasteiger partial charge in [-0.25, -0.2) is 9.37 Å². The van der Waals surface area contributed by atoms with Crippen molar-refractivity contribution in [2.75, 3.05) is 33.0 Å². The lowest BCUT2D eigenvalue weighted by Gasteiger charge is -2.35. The van der Waals surface area contributed by atoms with E-state index in [1.807, 2.05) is 34.5 Å². The highest BCUT2D eigenvalue weighted by Gasteiger charge is 2.25. The molecule has 2 aliphatic heterocycles. The summed E-state index contributed by atoms with van der Waals surface area (Å²) in [5.74, 6) is 1.10. The number of carbonyl (C=O) groups is 1. The number of carbonyl (C=O) groups excluding carboxylic acids is 1. The minimum absolute atomic E-state index is 0.0847. The Morgan fingerprint density at radius 2 is 1.85 bits per heavy atom. The first-order chi connectivity index (χ1) is 16.6. The quantitative estimate of drug-likeness (QED) is 0.425. The lowest BCUT2D eigenvalue weighted by molar-refractivity contribution is 0.0630. The van der Waals surface area contributed by atoms with Gasteiger partial charge in [-0.2, -0.15) is 0 Å². The molecule has 2 aromatic heterocycles. The largest absolute Gasteiger partial charge is 0.454 e. The van der Waals surface area contributed by atoms with Crippen LogP contribution in [0.25, 0.3) is 21.5 Å². The lowest BCUT2D eigenvalue weighted by atomic mass is 10.0. The summed E-state index contributed by atoms with van der Waals surface area (Å²) >= 11 is 1.57. The number of ether oxygens (including phenoxy) is 2. The zero-order valence-electron chi connectivity index (χ0n) is 18.4. The van der Waals surface area contributed by atoms with Crippen LogP contribution in [-0.2, 0) is 6.54 Å². The van der Waals surface area contributed by atoms with E-state index in [1.54, 1.807) is 23.5 Å². The van der Waals surface area contributed by atoms with E-state index in [0.29, 0.717) is 29.6 Å². The predicted molar refractivity (Wildman–Crippen MR) is 129 cm³/mol. The highest BCUT2D eigenvalue weighted by Crippen LogP contribution is 2.33. The van der Waals surface area contributed by atoms with E-state index >= 15 is 0 Å². The first-order valence-electron chi connectivity index (χ1n) is 11.2. The average molecular weight is 476 g/mol. The molecule has 34 heavy (non-hydrogen) atoms. The molecule has 1 amide bonds. The maximum atomic E-state index is 14.1. The monoisotopic (exact) mass is 475 g/mol. The molecular formula is C26H22FN3O3S. The van der Waals surface area contributed by atoms with Crippen LogP contribution in [0.4, 0.5) is 4.39 Å². The normalized spacial score (nSPS) is 15.7. The van der Waals surface area contributed by atoms with E-state index in [2.05, 4.69) is 16.0 Å². The van der Waals surface area contributed by atoms with Crippen molar-refractivity contribution in [3.05, 3.63) is 76.9 Å². The van der Waals surface area contributed by atoms with Crippen molar-refractivity contribution < 1.29 is 18.7 Å². The molecule has 0 bridgehead atoms. The van der Waals surface area contributed by atoms with Crippen molar-refractivity contribution >= 4 is 28.1 Å². The van der Waals surface area contributed by atoms with Crippen LogP contribution in [0.5, 0.6) is 11.5 Å². The number of aromatic nitrogens is 1. The molecule has 0 aliphatic carbocycles. The number of rotatable bonds is 4. The molecule has 4 aromatic rings. The maximum absolute atomic E-state index is 14.1. The molecule has 6 nitrogen and oxygen atoms in total. The summed E-state index contributed by atoms with van der Waals surface area (Å²) < 4.78 is 24.9. The second-order valence-electron chi connectivity index (χ2n) is 8.45. The minimum Gasteiger partial charge on any atom is -0.454 e. The SMILES string of the molecule is O=C(c1cc(-c2cccs2)nc2ccc(F)cc12)N1CCN(Cc2ccc3c(c2)OCO3)CC1. The first-order valence-corrected chi connectivity index (χ1v) is 12.1. The molecule has 4 heterocycles. The highest BCUT2D eigenvalue weighted by atomic mass is 32.1. The van der Waals surface area contributed by atoms with E-state index in [9.17, 15) is 9.18 Å². The van der Waals surface area contributed by atoms with Gasteiger partial charge in [0.1, 0.15) is 5.82 Å². The summed E-state index contributed by atoms with van der Waals surface area (Å²) in [5, 5.41) is 2.53. The summed E-state index contributed by atoms with van der Waals surface area (Å²) in [4.78, 5) is 23.4. The van der Waals surface area contributed by atoms with E-state index < -0.39 is 0 Å². The number of hydrogen-bond acceptors (Lipinski definition) is 6. The highest BCUT2D eigenvalue weighted by molar-refractivity contribution is 7.13. The number of pyridine rings is 1. The molecule has 2 aromatic carbocycles. The van der Waals surface area contributed by atoms with Crippen LogP contribution >= 0.6 is 11.3 Å². The summed E-state index contributed by atoms with van der Waals surface area (Å²) in [5.41, 5.74) is 3.01. The average Bonchev–Trinajstić information content (AvgIpc) is 3.56. The molecule has 6 rings (SSSR count). The summed E-state index contributed by atoms with van der Waals surface area (Å²) in [6, 6.07) is 16.2.